The first kappa shape index (κ1) is 26.1. The number of ether oxygens (including phenoxy) is 1. The van der Waals surface area contributed by atoms with Crippen molar-refractivity contribution in [1.82, 2.24) is 9.58 Å². The monoisotopic (exact) mass is 569 g/mol. The molecule has 0 radical (unpaired) electrons. The Morgan fingerprint density at radius 1 is 1.18 bits per heavy atom. The summed E-state index contributed by atoms with van der Waals surface area (Å²) in [6.45, 7) is 2.22. The summed E-state index contributed by atoms with van der Waals surface area (Å²) < 4.78 is 38.0. The van der Waals surface area contributed by atoms with Gasteiger partial charge in [0, 0.05) is 41.3 Å². The summed E-state index contributed by atoms with van der Waals surface area (Å²) in [4.78, 5) is 29.3. The number of rotatable bonds is 2. The summed E-state index contributed by atoms with van der Waals surface area (Å²) in [6.07, 6.45) is 5.61. The van der Waals surface area contributed by atoms with Crippen molar-refractivity contribution >= 4 is 17.7 Å². The fraction of sp³-hybridized carbons (Fsp3) is 0.533. The van der Waals surface area contributed by atoms with Crippen LogP contribution in [0.1, 0.15) is 61.1 Å². The van der Waals surface area contributed by atoms with Crippen LogP contribution < -0.4 is 10.4 Å². The van der Waals surface area contributed by atoms with Gasteiger partial charge >= 0.3 is 0 Å². The minimum absolute atomic E-state index is 0.0300. The number of carbonyl (C=O) groups excluding carboxylic acids is 1. The lowest BCUT2D eigenvalue weighted by Gasteiger charge is -2.58. The van der Waals surface area contributed by atoms with Crippen molar-refractivity contribution < 1.29 is 23.4 Å². The molecule has 1 spiro atoms. The van der Waals surface area contributed by atoms with Crippen LogP contribution in [0.25, 0.3) is 0 Å². The number of aromatic hydroxyl groups is 1. The summed E-state index contributed by atoms with van der Waals surface area (Å²) in [6, 6.07) is 8.53. The van der Waals surface area contributed by atoms with Crippen LogP contribution in [0.15, 0.2) is 58.6 Å². The first-order chi connectivity index (χ1) is 19.3. The minimum atomic E-state index is -1.17. The van der Waals surface area contributed by atoms with Crippen LogP contribution in [-0.2, 0) is 4.74 Å². The second-order valence-electron chi connectivity index (χ2n) is 11.8. The summed E-state index contributed by atoms with van der Waals surface area (Å²) in [5.41, 5.74) is -0.215. The number of halogens is 2. The number of hydrogen-bond acceptors (Lipinski definition) is 6. The highest BCUT2D eigenvalue weighted by atomic mass is 32.2. The van der Waals surface area contributed by atoms with Crippen molar-refractivity contribution in [2.45, 2.75) is 74.0 Å². The third-order valence-electron chi connectivity index (χ3n) is 9.99. The van der Waals surface area contributed by atoms with E-state index in [1.165, 1.54) is 18.3 Å². The zero-order valence-corrected chi connectivity index (χ0v) is 23.1. The molecule has 8 atom stereocenters. The van der Waals surface area contributed by atoms with E-state index in [9.17, 15) is 19.1 Å². The van der Waals surface area contributed by atoms with Crippen molar-refractivity contribution in [1.29, 1.82) is 0 Å². The Bertz CT molecular complexity index is 1430. The number of fused-ring (bicyclic) bond motifs is 5. The Labute approximate surface area is 235 Å². The van der Waals surface area contributed by atoms with Gasteiger partial charge in [-0.3, -0.25) is 19.3 Å². The lowest BCUT2D eigenvalue weighted by atomic mass is 9.70. The molecular formula is C30H33F2N3O4S. The average molecular weight is 570 g/mol. The molecular weight excluding hydrogens is 536 g/mol. The van der Waals surface area contributed by atoms with Crippen LogP contribution in [0.3, 0.4) is 0 Å². The molecule has 212 valence electrons. The molecule has 3 fully saturated rings. The summed E-state index contributed by atoms with van der Waals surface area (Å²) >= 11 is 1.58. The smallest absolute Gasteiger partial charge is 0.278 e. The van der Waals surface area contributed by atoms with Crippen LogP contribution in [0.5, 0.6) is 5.75 Å². The van der Waals surface area contributed by atoms with Gasteiger partial charge in [0.25, 0.3) is 5.91 Å². The number of aromatic nitrogens is 1. The lowest BCUT2D eigenvalue weighted by Crippen LogP contribution is -2.71. The van der Waals surface area contributed by atoms with Crippen LogP contribution in [0.4, 0.5) is 8.78 Å². The predicted molar refractivity (Wildman–Crippen MR) is 147 cm³/mol. The van der Waals surface area contributed by atoms with E-state index in [4.69, 9.17) is 4.74 Å². The molecule has 40 heavy (non-hydrogen) atoms. The largest absolute Gasteiger partial charge is 0.502 e. The molecule has 5 aliphatic rings. The number of carbonyl (C=O) groups is 1. The molecule has 1 aromatic carbocycles. The minimum Gasteiger partial charge on any atom is -0.502 e. The molecule has 2 bridgehead atoms. The van der Waals surface area contributed by atoms with Gasteiger partial charge in [-0.05, 0) is 49.7 Å². The fourth-order valence-electron chi connectivity index (χ4n) is 8.05. The van der Waals surface area contributed by atoms with Crippen molar-refractivity contribution in [3.63, 3.8) is 0 Å². The second-order valence-corrected chi connectivity index (χ2v) is 13.0. The second kappa shape index (κ2) is 9.62. The molecule has 6 heterocycles. The Morgan fingerprint density at radius 3 is 2.80 bits per heavy atom. The maximum atomic E-state index is 15.7. The predicted octanol–water partition coefficient (Wildman–Crippen LogP) is 4.93. The number of amides is 1. The van der Waals surface area contributed by atoms with Crippen molar-refractivity contribution in [3.8, 4) is 5.75 Å². The van der Waals surface area contributed by atoms with Gasteiger partial charge in [0.05, 0.1) is 24.1 Å². The third kappa shape index (κ3) is 3.71. The highest BCUT2D eigenvalue weighted by Gasteiger charge is 2.63. The zero-order chi connectivity index (χ0) is 27.8. The molecule has 2 aromatic rings. The first-order valence-corrected chi connectivity index (χ1v) is 15.2. The molecule has 1 aromatic heterocycles. The van der Waals surface area contributed by atoms with E-state index in [1.54, 1.807) is 21.3 Å². The number of piperidine rings is 1. The number of pyridine rings is 1. The van der Waals surface area contributed by atoms with E-state index in [1.807, 2.05) is 36.2 Å². The van der Waals surface area contributed by atoms with Gasteiger partial charge in [0.1, 0.15) is 12.3 Å². The summed E-state index contributed by atoms with van der Waals surface area (Å²) in [5, 5.41) is 13.0. The molecule has 1 N–H and O–H groups in total. The summed E-state index contributed by atoms with van der Waals surface area (Å²) in [5.74, 6) is -1.62. The Morgan fingerprint density at radius 2 is 2.00 bits per heavy atom. The van der Waals surface area contributed by atoms with E-state index in [0.717, 1.165) is 29.7 Å². The molecule has 1 amide bonds. The van der Waals surface area contributed by atoms with Crippen LogP contribution in [0.2, 0.25) is 0 Å². The SMILES string of the molecule is C[C@@H]1[C@H](/C=C/F)C(N2[C@@H]3[C@H]4C[C@@H]5CC[C@@]4(CCN3C(=O)c3c(O)c(=O)ccn32)O5)c2ccccc2SCC[C@@H]1F. The maximum Gasteiger partial charge on any atom is 0.278 e. The van der Waals surface area contributed by atoms with E-state index in [0.29, 0.717) is 31.5 Å². The topological polar surface area (TPSA) is 75.0 Å². The summed E-state index contributed by atoms with van der Waals surface area (Å²) in [7, 11) is 0. The van der Waals surface area contributed by atoms with Crippen LogP contribution >= 0.6 is 11.8 Å². The number of alkyl halides is 1. The van der Waals surface area contributed by atoms with E-state index in [-0.39, 0.29) is 23.3 Å². The van der Waals surface area contributed by atoms with Crippen LogP contribution in [-0.4, -0.2) is 56.9 Å². The Balaban J connectivity index is 1.51. The number of benzene rings is 1. The average Bonchev–Trinajstić information content (AvgIpc) is 3.54. The lowest BCUT2D eigenvalue weighted by molar-refractivity contribution is -0.0779. The highest BCUT2D eigenvalue weighted by Crippen LogP contribution is 2.57. The molecule has 10 heteroatoms. The van der Waals surface area contributed by atoms with Gasteiger partial charge in [-0.2, -0.15) is 0 Å². The van der Waals surface area contributed by atoms with E-state index >= 15 is 4.39 Å². The van der Waals surface area contributed by atoms with E-state index in [2.05, 4.69) is 0 Å². The van der Waals surface area contributed by atoms with Crippen molar-refractivity contribution in [3.05, 3.63) is 70.4 Å². The molecule has 7 rings (SSSR count). The maximum absolute atomic E-state index is 15.7. The number of nitrogens with zero attached hydrogens (tertiary/aromatic N) is 3. The van der Waals surface area contributed by atoms with Gasteiger partial charge in [-0.15, -0.1) is 11.8 Å². The number of hydrogen-bond donors (Lipinski definition) is 1. The standard InChI is InChI=1S/C30H33F2N3O4S/c1-17-19(7-12-31)25(20-4-2-3-5-24(20)40-15-9-22(17)32)35-28-21-16-18-6-10-30(21,39-18)11-14-33(28)29(38)26-27(37)23(36)8-13-34(26)35/h2-5,7-8,12-13,17-19,21-22,25,28,37H,6,9-11,14-16H2,1H3/b12-7+/t17-,18+,19+,21-,22+,25?,28-,30+/m1/s1. The zero-order valence-electron chi connectivity index (χ0n) is 22.3. The Hall–Kier alpha value is -2.85. The first-order valence-electron chi connectivity index (χ1n) is 14.2. The van der Waals surface area contributed by atoms with E-state index < -0.39 is 47.3 Å². The molecule has 1 unspecified atom stereocenters. The van der Waals surface area contributed by atoms with Crippen LogP contribution in [0, 0.1) is 17.8 Å². The molecule has 0 saturated carbocycles. The van der Waals surface area contributed by atoms with Gasteiger partial charge < -0.3 is 14.7 Å². The molecule has 3 saturated heterocycles. The quantitative estimate of drug-likeness (QED) is 0.553. The Kier molecular flexibility index (Phi) is 6.27. The molecule has 5 aliphatic heterocycles. The highest BCUT2D eigenvalue weighted by molar-refractivity contribution is 7.99. The normalized spacial score (nSPS) is 36.9. The van der Waals surface area contributed by atoms with Crippen molar-refractivity contribution in [2.75, 3.05) is 17.3 Å². The van der Waals surface area contributed by atoms with Crippen molar-refractivity contribution in [2.24, 2.45) is 17.8 Å². The molecule has 7 nitrogen and oxygen atoms in total. The molecule has 0 aliphatic carbocycles. The van der Waals surface area contributed by atoms with Gasteiger partial charge in [0.15, 0.2) is 11.4 Å². The third-order valence-corrected chi connectivity index (χ3v) is 11.1. The van der Waals surface area contributed by atoms with Gasteiger partial charge in [-0.25, -0.2) is 8.78 Å². The fourth-order valence-corrected chi connectivity index (χ4v) is 9.15. The van der Waals surface area contributed by atoms with Gasteiger partial charge in [0.2, 0.25) is 5.43 Å². The van der Waals surface area contributed by atoms with Gasteiger partial charge in [-0.1, -0.05) is 31.2 Å². The number of thioether (sulfide) groups is 1.